The first-order chi connectivity index (χ1) is 12.5. The average Bonchev–Trinajstić information content (AvgIpc) is 3.02. The van der Waals surface area contributed by atoms with Crippen LogP contribution >= 0.6 is 0 Å². The van der Waals surface area contributed by atoms with Crippen LogP contribution in [0.2, 0.25) is 0 Å². The van der Waals surface area contributed by atoms with Crippen molar-refractivity contribution in [1.82, 2.24) is 0 Å². The molecule has 0 aliphatic carbocycles. The van der Waals surface area contributed by atoms with Crippen LogP contribution in [-0.2, 0) is 22.4 Å². The molecule has 0 unspecified atom stereocenters. The number of amides is 2. The van der Waals surface area contributed by atoms with Gasteiger partial charge in [-0.05, 0) is 48.6 Å². The Morgan fingerprint density at radius 3 is 2.38 bits per heavy atom. The van der Waals surface area contributed by atoms with Crippen molar-refractivity contribution >= 4 is 23.2 Å². The number of nitrogens with one attached hydrogen (secondary N) is 1. The van der Waals surface area contributed by atoms with Gasteiger partial charge in [-0.25, -0.2) is 0 Å². The van der Waals surface area contributed by atoms with E-state index in [4.69, 9.17) is 0 Å². The Balaban J connectivity index is 1.80. The van der Waals surface area contributed by atoms with Crippen molar-refractivity contribution in [3.63, 3.8) is 0 Å². The van der Waals surface area contributed by atoms with Gasteiger partial charge in [0, 0.05) is 24.3 Å². The minimum absolute atomic E-state index is 0.0324. The van der Waals surface area contributed by atoms with E-state index in [9.17, 15) is 9.59 Å². The highest BCUT2D eigenvalue weighted by molar-refractivity contribution is 6.04. The molecule has 26 heavy (non-hydrogen) atoms. The number of hydrogen-bond donors (Lipinski definition) is 1. The normalized spacial score (nSPS) is 16.8. The number of benzene rings is 2. The summed E-state index contributed by atoms with van der Waals surface area (Å²) in [6.07, 6.45) is 2.00. The number of anilines is 2. The summed E-state index contributed by atoms with van der Waals surface area (Å²) in [7, 11) is 0. The van der Waals surface area contributed by atoms with E-state index in [1.807, 2.05) is 42.2 Å². The van der Waals surface area contributed by atoms with E-state index in [0.717, 1.165) is 40.9 Å². The van der Waals surface area contributed by atoms with Gasteiger partial charge in [0.25, 0.3) is 0 Å². The van der Waals surface area contributed by atoms with Crippen molar-refractivity contribution in [3.05, 3.63) is 59.2 Å². The maximum atomic E-state index is 12.7. The van der Waals surface area contributed by atoms with Gasteiger partial charge < -0.3 is 10.2 Å². The zero-order valence-electron chi connectivity index (χ0n) is 15.7. The quantitative estimate of drug-likeness (QED) is 0.882. The van der Waals surface area contributed by atoms with E-state index in [0.29, 0.717) is 6.54 Å². The highest BCUT2D eigenvalue weighted by Crippen LogP contribution is 2.32. The largest absolute Gasteiger partial charge is 0.326 e. The molecule has 1 saturated heterocycles. The van der Waals surface area contributed by atoms with E-state index in [1.54, 1.807) is 0 Å². The minimum Gasteiger partial charge on any atom is -0.326 e. The summed E-state index contributed by atoms with van der Waals surface area (Å²) in [4.78, 5) is 27.2. The van der Waals surface area contributed by atoms with Crippen LogP contribution in [0.15, 0.2) is 42.5 Å². The topological polar surface area (TPSA) is 49.4 Å². The summed E-state index contributed by atoms with van der Waals surface area (Å²) >= 11 is 0. The number of aryl methyl sites for hydroxylation is 3. The summed E-state index contributed by atoms with van der Waals surface area (Å²) in [6, 6.07) is 13.9. The Hall–Kier alpha value is -2.62. The average molecular weight is 350 g/mol. The molecule has 0 bridgehead atoms. The molecule has 1 heterocycles. The van der Waals surface area contributed by atoms with Gasteiger partial charge in [0.15, 0.2) is 0 Å². The van der Waals surface area contributed by atoms with Crippen LogP contribution in [0, 0.1) is 12.8 Å². The monoisotopic (exact) mass is 350 g/mol. The van der Waals surface area contributed by atoms with E-state index < -0.39 is 0 Å². The Labute approximate surface area is 155 Å². The molecule has 1 fully saturated rings. The van der Waals surface area contributed by atoms with Gasteiger partial charge in [0.05, 0.1) is 5.92 Å². The van der Waals surface area contributed by atoms with Gasteiger partial charge in [0.1, 0.15) is 0 Å². The number of nitrogens with zero attached hydrogens (tertiary/aromatic N) is 1. The highest BCUT2D eigenvalue weighted by atomic mass is 16.2. The van der Waals surface area contributed by atoms with Crippen LogP contribution < -0.4 is 10.2 Å². The number of carbonyl (C=O) groups is 2. The molecule has 1 N–H and O–H groups in total. The molecule has 3 rings (SSSR count). The Morgan fingerprint density at radius 2 is 1.77 bits per heavy atom. The molecule has 2 aromatic rings. The summed E-state index contributed by atoms with van der Waals surface area (Å²) in [5.41, 5.74) is 5.21. The van der Waals surface area contributed by atoms with Gasteiger partial charge in [-0.3, -0.25) is 9.59 Å². The zero-order valence-corrected chi connectivity index (χ0v) is 15.7. The molecular weight excluding hydrogens is 324 g/mol. The van der Waals surface area contributed by atoms with Crippen molar-refractivity contribution in [2.45, 2.75) is 40.0 Å². The number of carbonyl (C=O) groups excluding carboxylic acids is 2. The third-order valence-corrected chi connectivity index (χ3v) is 5.02. The molecule has 0 aromatic heterocycles. The van der Waals surface area contributed by atoms with Gasteiger partial charge in [0.2, 0.25) is 11.8 Å². The molecule has 2 amide bonds. The first kappa shape index (κ1) is 18.2. The number of rotatable bonds is 5. The molecular formula is C22H26N2O2. The molecule has 1 aliphatic rings. The second kappa shape index (κ2) is 7.73. The third kappa shape index (κ3) is 3.64. The Kier molecular flexibility index (Phi) is 5.40. The first-order valence-corrected chi connectivity index (χ1v) is 9.32. The minimum atomic E-state index is -0.322. The number of para-hydroxylation sites is 1. The second-order valence-electron chi connectivity index (χ2n) is 6.90. The van der Waals surface area contributed by atoms with Crippen LogP contribution in [0.3, 0.4) is 0 Å². The van der Waals surface area contributed by atoms with E-state index >= 15 is 0 Å². The van der Waals surface area contributed by atoms with E-state index in [1.165, 1.54) is 0 Å². The van der Waals surface area contributed by atoms with Crippen LogP contribution in [0.25, 0.3) is 0 Å². The predicted octanol–water partition coefficient (Wildman–Crippen LogP) is 4.11. The first-order valence-electron chi connectivity index (χ1n) is 9.32. The van der Waals surface area contributed by atoms with Gasteiger partial charge in [-0.15, -0.1) is 0 Å². The van der Waals surface area contributed by atoms with Crippen molar-refractivity contribution in [3.8, 4) is 0 Å². The lowest BCUT2D eigenvalue weighted by Gasteiger charge is -2.23. The number of hydrogen-bond acceptors (Lipinski definition) is 2. The van der Waals surface area contributed by atoms with E-state index in [2.05, 4.69) is 31.3 Å². The van der Waals surface area contributed by atoms with Crippen molar-refractivity contribution in [1.29, 1.82) is 0 Å². The fourth-order valence-corrected chi connectivity index (χ4v) is 3.63. The summed E-state index contributed by atoms with van der Waals surface area (Å²) in [6.45, 7) is 6.63. The Morgan fingerprint density at radius 1 is 1.12 bits per heavy atom. The molecule has 0 saturated carbocycles. The maximum Gasteiger partial charge on any atom is 0.229 e. The molecule has 0 spiro atoms. The second-order valence-corrected chi connectivity index (χ2v) is 6.90. The molecule has 4 heteroatoms. The standard InChI is InChI=1S/C22H26N2O2/c1-4-16-9-7-10-17(5-2)21(16)24-14-18(13-20(24)25)22(26)23-19-11-6-8-15(3)12-19/h6-12,18H,4-5,13-14H2,1-3H3,(H,23,26)/t18-/m0/s1. The lowest BCUT2D eigenvalue weighted by Crippen LogP contribution is -2.29. The molecule has 2 aromatic carbocycles. The van der Waals surface area contributed by atoms with Crippen molar-refractivity contribution < 1.29 is 9.59 Å². The summed E-state index contributed by atoms with van der Waals surface area (Å²) < 4.78 is 0. The van der Waals surface area contributed by atoms with Gasteiger partial charge >= 0.3 is 0 Å². The fraction of sp³-hybridized carbons (Fsp3) is 0.364. The van der Waals surface area contributed by atoms with Gasteiger partial charge in [-0.1, -0.05) is 44.2 Å². The molecule has 1 atom stereocenters. The van der Waals surface area contributed by atoms with Crippen LogP contribution in [0.4, 0.5) is 11.4 Å². The van der Waals surface area contributed by atoms with Crippen LogP contribution in [0.5, 0.6) is 0 Å². The summed E-state index contributed by atoms with van der Waals surface area (Å²) in [5.74, 6) is -0.374. The molecule has 0 radical (unpaired) electrons. The van der Waals surface area contributed by atoms with Gasteiger partial charge in [-0.2, -0.15) is 0 Å². The third-order valence-electron chi connectivity index (χ3n) is 5.02. The summed E-state index contributed by atoms with van der Waals surface area (Å²) in [5, 5.41) is 2.96. The fourth-order valence-electron chi connectivity index (χ4n) is 3.63. The Bertz CT molecular complexity index is 806. The molecule has 4 nitrogen and oxygen atoms in total. The SMILES string of the molecule is CCc1cccc(CC)c1N1C[C@@H](C(=O)Nc2cccc(C)c2)CC1=O. The lowest BCUT2D eigenvalue weighted by molar-refractivity contribution is -0.122. The highest BCUT2D eigenvalue weighted by Gasteiger charge is 2.36. The zero-order chi connectivity index (χ0) is 18.7. The van der Waals surface area contributed by atoms with Crippen LogP contribution in [0.1, 0.15) is 37.0 Å². The van der Waals surface area contributed by atoms with Crippen molar-refractivity contribution in [2.24, 2.45) is 5.92 Å². The van der Waals surface area contributed by atoms with E-state index in [-0.39, 0.29) is 24.2 Å². The van der Waals surface area contributed by atoms with Crippen LogP contribution in [-0.4, -0.2) is 18.4 Å². The predicted molar refractivity (Wildman–Crippen MR) is 105 cm³/mol. The maximum absolute atomic E-state index is 12.7. The lowest BCUT2D eigenvalue weighted by atomic mass is 10.0. The smallest absolute Gasteiger partial charge is 0.229 e. The molecule has 1 aliphatic heterocycles. The molecule has 136 valence electrons. The van der Waals surface area contributed by atoms with Crippen molar-refractivity contribution in [2.75, 3.05) is 16.8 Å².